The van der Waals surface area contributed by atoms with Crippen molar-refractivity contribution in [1.29, 1.82) is 0 Å². The van der Waals surface area contributed by atoms with E-state index < -0.39 is 5.82 Å². The minimum atomic E-state index is -0.425. The molecule has 1 aromatic carbocycles. The molecule has 1 amide bonds. The van der Waals surface area contributed by atoms with E-state index in [9.17, 15) is 9.18 Å². The summed E-state index contributed by atoms with van der Waals surface area (Å²) in [7, 11) is 0. The number of halogens is 2. The molecule has 4 heteroatoms. The zero-order valence-corrected chi connectivity index (χ0v) is 12.0. The summed E-state index contributed by atoms with van der Waals surface area (Å²) in [5.41, 5.74) is 0.616. The van der Waals surface area contributed by atoms with Gasteiger partial charge < -0.3 is 5.32 Å². The molecule has 1 aliphatic carbocycles. The molecule has 1 aliphatic rings. The lowest BCUT2D eigenvalue weighted by atomic mass is 9.95. The number of rotatable bonds is 2. The van der Waals surface area contributed by atoms with Gasteiger partial charge in [0.1, 0.15) is 5.82 Å². The van der Waals surface area contributed by atoms with Crippen molar-refractivity contribution in [1.82, 2.24) is 5.32 Å². The highest BCUT2D eigenvalue weighted by atomic mass is 79.9. The second kappa shape index (κ2) is 5.83. The van der Waals surface area contributed by atoms with Crippen LogP contribution in [0, 0.1) is 12.7 Å². The first-order chi connectivity index (χ1) is 8.58. The number of aryl methyl sites for hydroxylation is 1. The number of carbonyl (C=O) groups is 1. The van der Waals surface area contributed by atoms with Gasteiger partial charge in [-0.25, -0.2) is 4.39 Å². The Bertz CT molecular complexity index is 455. The molecule has 0 radical (unpaired) electrons. The van der Waals surface area contributed by atoms with Gasteiger partial charge in [0.15, 0.2) is 0 Å². The molecule has 0 atom stereocenters. The highest BCUT2D eigenvalue weighted by Crippen LogP contribution is 2.21. The average molecular weight is 314 g/mol. The van der Waals surface area contributed by atoms with E-state index in [2.05, 4.69) is 21.2 Å². The summed E-state index contributed by atoms with van der Waals surface area (Å²) in [5, 5.41) is 2.93. The Morgan fingerprint density at radius 2 is 2.00 bits per heavy atom. The lowest BCUT2D eigenvalue weighted by Gasteiger charge is -2.23. The van der Waals surface area contributed by atoms with Gasteiger partial charge in [-0.3, -0.25) is 4.79 Å². The Labute approximate surface area is 115 Å². The van der Waals surface area contributed by atoms with Gasteiger partial charge >= 0.3 is 0 Å². The summed E-state index contributed by atoms with van der Waals surface area (Å²) in [6, 6.07) is 3.41. The molecule has 2 nitrogen and oxygen atoms in total. The number of carbonyl (C=O) groups excluding carboxylic acids is 1. The van der Waals surface area contributed by atoms with Crippen LogP contribution >= 0.6 is 15.9 Å². The third-order valence-electron chi connectivity index (χ3n) is 3.40. The van der Waals surface area contributed by atoms with Gasteiger partial charge in [-0.05, 0) is 37.5 Å². The van der Waals surface area contributed by atoms with Crippen LogP contribution in [0.4, 0.5) is 4.39 Å². The third-order valence-corrected chi connectivity index (χ3v) is 3.86. The van der Waals surface area contributed by atoms with E-state index in [0.29, 0.717) is 5.56 Å². The van der Waals surface area contributed by atoms with Crippen LogP contribution in [-0.4, -0.2) is 11.9 Å². The molecule has 0 bridgehead atoms. The Hall–Kier alpha value is -0.900. The van der Waals surface area contributed by atoms with Crippen LogP contribution in [0.15, 0.2) is 16.6 Å². The quantitative estimate of drug-likeness (QED) is 0.879. The number of amides is 1. The van der Waals surface area contributed by atoms with Gasteiger partial charge in [0, 0.05) is 10.5 Å². The van der Waals surface area contributed by atoms with Gasteiger partial charge in [-0.1, -0.05) is 35.2 Å². The molecule has 0 unspecified atom stereocenters. The Morgan fingerprint density at radius 1 is 1.33 bits per heavy atom. The molecule has 1 saturated carbocycles. The molecule has 0 spiro atoms. The lowest BCUT2D eigenvalue weighted by Crippen LogP contribution is -2.36. The average Bonchev–Trinajstić information content (AvgIpc) is 2.35. The fourth-order valence-electron chi connectivity index (χ4n) is 2.40. The van der Waals surface area contributed by atoms with Crippen molar-refractivity contribution in [3.8, 4) is 0 Å². The predicted molar refractivity (Wildman–Crippen MR) is 73.2 cm³/mol. The normalized spacial score (nSPS) is 16.6. The first-order valence-corrected chi connectivity index (χ1v) is 7.13. The Balaban J connectivity index is 2.13. The highest BCUT2D eigenvalue weighted by molar-refractivity contribution is 9.10. The topological polar surface area (TPSA) is 29.1 Å². The van der Waals surface area contributed by atoms with Crippen molar-refractivity contribution in [3.63, 3.8) is 0 Å². The van der Waals surface area contributed by atoms with Crippen LogP contribution in [0.1, 0.15) is 48.0 Å². The van der Waals surface area contributed by atoms with Crippen molar-refractivity contribution in [3.05, 3.63) is 33.5 Å². The summed E-state index contributed by atoms with van der Waals surface area (Å²) in [6.07, 6.45) is 5.52. The highest BCUT2D eigenvalue weighted by Gasteiger charge is 2.20. The Morgan fingerprint density at radius 3 is 2.67 bits per heavy atom. The molecule has 2 rings (SSSR count). The molecule has 0 saturated heterocycles. The molecule has 1 aromatic rings. The van der Waals surface area contributed by atoms with Gasteiger partial charge in [-0.15, -0.1) is 0 Å². The molecule has 98 valence electrons. The second-order valence-electron chi connectivity index (χ2n) is 4.89. The molecule has 18 heavy (non-hydrogen) atoms. The molecule has 1 fully saturated rings. The van der Waals surface area contributed by atoms with Crippen LogP contribution in [0.5, 0.6) is 0 Å². The van der Waals surface area contributed by atoms with Crippen LogP contribution in [0.2, 0.25) is 0 Å². The zero-order chi connectivity index (χ0) is 13.1. The summed E-state index contributed by atoms with van der Waals surface area (Å²) in [5.74, 6) is -0.727. The van der Waals surface area contributed by atoms with Gasteiger partial charge in [-0.2, -0.15) is 0 Å². The van der Waals surface area contributed by atoms with Gasteiger partial charge in [0.2, 0.25) is 0 Å². The first kappa shape index (κ1) is 13.5. The summed E-state index contributed by atoms with van der Waals surface area (Å²) >= 11 is 3.29. The molecule has 0 aliphatic heterocycles. The maximum absolute atomic E-state index is 13.9. The summed E-state index contributed by atoms with van der Waals surface area (Å²) < 4.78 is 14.6. The van der Waals surface area contributed by atoms with Crippen LogP contribution < -0.4 is 5.32 Å². The third kappa shape index (κ3) is 3.10. The number of nitrogens with one attached hydrogen (secondary N) is 1. The van der Waals surface area contributed by atoms with E-state index in [1.54, 1.807) is 19.1 Å². The predicted octanol–water partition coefficient (Wildman–Crippen LogP) is 3.96. The van der Waals surface area contributed by atoms with E-state index in [4.69, 9.17) is 0 Å². The maximum Gasteiger partial charge on any atom is 0.254 e. The van der Waals surface area contributed by atoms with E-state index in [1.165, 1.54) is 6.42 Å². The SMILES string of the molecule is Cc1cc(Br)cc(C(=O)NC2CCCCC2)c1F. The van der Waals surface area contributed by atoms with Crippen molar-refractivity contribution in [2.45, 2.75) is 45.1 Å². The van der Waals surface area contributed by atoms with E-state index in [1.807, 2.05) is 0 Å². The minimum absolute atomic E-state index is 0.132. The van der Waals surface area contributed by atoms with Crippen molar-refractivity contribution in [2.24, 2.45) is 0 Å². The standard InChI is InChI=1S/C14H17BrFNO/c1-9-7-10(15)8-12(13(9)16)14(18)17-11-5-3-2-4-6-11/h7-8,11H,2-6H2,1H3,(H,17,18). The lowest BCUT2D eigenvalue weighted by molar-refractivity contribution is 0.0923. The monoisotopic (exact) mass is 313 g/mol. The largest absolute Gasteiger partial charge is 0.349 e. The first-order valence-electron chi connectivity index (χ1n) is 6.34. The van der Waals surface area contributed by atoms with Crippen LogP contribution in [-0.2, 0) is 0 Å². The minimum Gasteiger partial charge on any atom is -0.349 e. The van der Waals surface area contributed by atoms with E-state index in [-0.39, 0.29) is 17.5 Å². The Kier molecular flexibility index (Phi) is 4.38. The van der Waals surface area contributed by atoms with Crippen LogP contribution in [0.25, 0.3) is 0 Å². The summed E-state index contributed by atoms with van der Waals surface area (Å²) in [6.45, 7) is 1.66. The smallest absolute Gasteiger partial charge is 0.254 e. The zero-order valence-electron chi connectivity index (χ0n) is 10.4. The van der Waals surface area contributed by atoms with Gasteiger partial charge in [0.25, 0.3) is 5.91 Å². The molecule has 1 N–H and O–H groups in total. The van der Waals surface area contributed by atoms with Crippen molar-refractivity contribution in [2.75, 3.05) is 0 Å². The molecule has 0 aromatic heterocycles. The molecular formula is C14H17BrFNO. The number of benzene rings is 1. The second-order valence-corrected chi connectivity index (χ2v) is 5.81. The van der Waals surface area contributed by atoms with Gasteiger partial charge in [0.05, 0.1) is 5.56 Å². The fraction of sp³-hybridized carbons (Fsp3) is 0.500. The fourth-order valence-corrected chi connectivity index (χ4v) is 2.97. The molecule has 0 heterocycles. The maximum atomic E-state index is 13.9. The summed E-state index contributed by atoms with van der Waals surface area (Å²) in [4.78, 5) is 12.1. The molecular weight excluding hydrogens is 297 g/mol. The van der Waals surface area contributed by atoms with Crippen molar-refractivity contribution >= 4 is 21.8 Å². The van der Waals surface area contributed by atoms with Crippen molar-refractivity contribution < 1.29 is 9.18 Å². The number of hydrogen-bond acceptors (Lipinski definition) is 1. The number of hydrogen-bond donors (Lipinski definition) is 1. The van der Waals surface area contributed by atoms with Crippen LogP contribution in [0.3, 0.4) is 0 Å². The van der Waals surface area contributed by atoms with E-state index >= 15 is 0 Å². The van der Waals surface area contributed by atoms with E-state index in [0.717, 1.165) is 30.2 Å².